The maximum atomic E-state index is 5.69. The third kappa shape index (κ3) is 3.68. The first-order valence-corrected chi connectivity index (χ1v) is 5.70. The van der Waals surface area contributed by atoms with Crippen LogP contribution in [-0.2, 0) is 6.61 Å². The van der Waals surface area contributed by atoms with Gasteiger partial charge in [0, 0.05) is 11.8 Å². The summed E-state index contributed by atoms with van der Waals surface area (Å²) in [6.45, 7) is 0.470. The lowest BCUT2D eigenvalue weighted by molar-refractivity contribution is 0.305. The molecule has 0 aliphatic rings. The van der Waals surface area contributed by atoms with Gasteiger partial charge in [0.1, 0.15) is 12.4 Å². The van der Waals surface area contributed by atoms with E-state index in [9.17, 15) is 0 Å². The van der Waals surface area contributed by atoms with E-state index in [1.54, 1.807) is 18.5 Å². The Bertz CT molecular complexity index is 556. The van der Waals surface area contributed by atoms with Crippen molar-refractivity contribution < 1.29 is 4.74 Å². The first-order chi connectivity index (χ1) is 9.29. The first-order valence-electron chi connectivity index (χ1n) is 5.70. The zero-order valence-corrected chi connectivity index (χ0v) is 10.3. The predicted octanol–water partition coefficient (Wildman–Crippen LogP) is 0.744. The van der Waals surface area contributed by atoms with Crippen molar-refractivity contribution in [2.75, 3.05) is 0 Å². The van der Waals surface area contributed by atoms with Crippen LogP contribution < -0.4 is 21.8 Å². The lowest BCUT2D eigenvalue weighted by atomic mass is 10.2. The first kappa shape index (κ1) is 12.8. The van der Waals surface area contributed by atoms with Crippen LogP contribution in [0.1, 0.15) is 11.1 Å². The normalized spacial score (nSPS) is 11.1. The second-order valence-electron chi connectivity index (χ2n) is 3.81. The van der Waals surface area contributed by atoms with E-state index in [1.165, 1.54) is 0 Å². The molecule has 0 saturated carbocycles. The highest BCUT2D eigenvalue weighted by atomic mass is 16.5. The number of nitrogens with two attached hydrogens (primary N) is 2. The molecule has 6 nitrogen and oxygen atoms in total. The molecule has 1 aromatic carbocycles. The third-order valence-electron chi connectivity index (χ3n) is 2.44. The van der Waals surface area contributed by atoms with Gasteiger partial charge in [-0.25, -0.2) is 11.4 Å². The third-order valence-corrected chi connectivity index (χ3v) is 2.44. The molecule has 1 aromatic heterocycles. The smallest absolute Gasteiger partial charge is 0.153 e. The number of benzene rings is 1. The average molecular weight is 257 g/mol. The number of rotatable bonds is 5. The van der Waals surface area contributed by atoms with Crippen molar-refractivity contribution in [2.45, 2.75) is 6.61 Å². The summed E-state index contributed by atoms with van der Waals surface area (Å²) in [5.74, 6) is 5.94. The molecule has 0 saturated heterocycles. The Hall–Kier alpha value is -2.60. The number of hydrogen-bond donors (Lipinski definition) is 3. The van der Waals surface area contributed by atoms with E-state index in [2.05, 4.69) is 15.6 Å². The van der Waals surface area contributed by atoms with Gasteiger partial charge in [0.25, 0.3) is 0 Å². The number of nitrogens with one attached hydrogen (secondary N) is 1. The molecule has 0 radical (unpaired) electrons. The van der Waals surface area contributed by atoms with Crippen LogP contribution in [0.25, 0.3) is 0 Å². The summed E-state index contributed by atoms with van der Waals surface area (Å²) in [6.07, 6.45) is 3.21. The van der Waals surface area contributed by atoms with Gasteiger partial charge in [0.2, 0.25) is 0 Å². The molecule has 2 rings (SSSR count). The molecule has 0 atom stereocenters. The molecule has 19 heavy (non-hydrogen) atoms. The van der Waals surface area contributed by atoms with Gasteiger partial charge in [-0.3, -0.25) is 4.98 Å². The number of aromatic nitrogens is 1. The quantitative estimate of drug-likeness (QED) is 0.317. The summed E-state index contributed by atoms with van der Waals surface area (Å²) in [5.41, 5.74) is 9.56. The summed E-state index contributed by atoms with van der Waals surface area (Å²) in [4.78, 5) is 4.05. The fraction of sp³-hybridized carbons (Fsp3) is 0.0769. The number of hydrazone groups is 1. The Labute approximate surface area is 111 Å². The zero-order chi connectivity index (χ0) is 13.5. The monoisotopic (exact) mass is 257 g/mol. The molecule has 6 heteroatoms. The molecule has 0 bridgehead atoms. The fourth-order valence-corrected chi connectivity index (χ4v) is 1.51. The van der Waals surface area contributed by atoms with E-state index in [4.69, 9.17) is 16.3 Å². The minimum atomic E-state index is 0.250. The topological polar surface area (TPSA) is 98.5 Å². The van der Waals surface area contributed by atoms with Gasteiger partial charge < -0.3 is 10.5 Å². The van der Waals surface area contributed by atoms with Crippen LogP contribution in [-0.4, -0.2) is 10.8 Å². The summed E-state index contributed by atoms with van der Waals surface area (Å²) < 4.78 is 5.64. The van der Waals surface area contributed by atoms with Crippen LogP contribution >= 0.6 is 0 Å². The predicted molar refractivity (Wildman–Crippen MR) is 73.1 cm³/mol. The van der Waals surface area contributed by atoms with E-state index in [1.807, 2.05) is 30.3 Å². The van der Waals surface area contributed by atoms with Gasteiger partial charge in [-0.1, -0.05) is 30.3 Å². The maximum Gasteiger partial charge on any atom is 0.153 e. The molecule has 0 aliphatic carbocycles. The van der Waals surface area contributed by atoms with E-state index in [0.29, 0.717) is 17.9 Å². The summed E-state index contributed by atoms with van der Waals surface area (Å²) in [7, 11) is 0. The van der Waals surface area contributed by atoms with Crippen molar-refractivity contribution in [1.29, 1.82) is 0 Å². The zero-order valence-electron chi connectivity index (χ0n) is 10.3. The van der Waals surface area contributed by atoms with Gasteiger partial charge in [-0.2, -0.15) is 0 Å². The number of hydrogen-bond acceptors (Lipinski definition) is 5. The van der Waals surface area contributed by atoms with Crippen LogP contribution in [0.15, 0.2) is 53.9 Å². The van der Waals surface area contributed by atoms with Crippen molar-refractivity contribution >= 4 is 5.84 Å². The fourth-order valence-electron chi connectivity index (χ4n) is 1.51. The largest absolute Gasteiger partial charge is 0.487 e. The van der Waals surface area contributed by atoms with E-state index < -0.39 is 0 Å². The van der Waals surface area contributed by atoms with Gasteiger partial charge in [0.05, 0.1) is 6.20 Å². The SMILES string of the molecule is NN/N=C(\N)c1cncc(OCc2ccccc2)c1. The van der Waals surface area contributed by atoms with E-state index in [0.717, 1.165) is 5.56 Å². The van der Waals surface area contributed by atoms with Crippen molar-refractivity contribution in [1.82, 2.24) is 10.5 Å². The summed E-state index contributed by atoms with van der Waals surface area (Å²) in [6, 6.07) is 11.6. The van der Waals surface area contributed by atoms with Crippen LogP contribution in [0.2, 0.25) is 0 Å². The van der Waals surface area contributed by atoms with Crippen molar-refractivity contribution in [3.8, 4) is 5.75 Å². The van der Waals surface area contributed by atoms with Gasteiger partial charge in [-0.15, -0.1) is 5.10 Å². The Morgan fingerprint density at radius 1 is 1.26 bits per heavy atom. The molecular weight excluding hydrogens is 242 g/mol. The lowest BCUT2D eigenvalue weighted by Crippen LogP contribution is -2.23. The molecule has 1 heterocycles. The highest BCUT2D eigenvalue weighted by molar-refractivity contribution is 5.97. The van der Waals surface area contributed by atoms with Gasteiger partial charge in [0.15, 0.2) is 5.84 Å². The summed E-state index contributed by atoms with van der Waals surface area (Å²) in [5, 5.41) is 3.68. The number of ether oxygens (including phenoxy) is 1. The minimum Gasteiger partial charge on any atom is -0.487 e. The molecular formula is C13H15N5O. The maximum absolute atomic E-state index is 5.69. The molecule has 0 unspecified atom stereocenters. The van der Waals surface area contributed by atoms with Gasteiger partial charge in [-0.05, 0) is 11.6 Å². The molecule has 5 N–H and O–H groups in total. The van der Waals surface area contributed by atoms with Crippen LogP contribution in [0, 0.1) is 0 Å². The number of amidine groups is 1. The Kier molecular flexibility index (Phi) is 4.30. The number of nitrogens with zero attached hydrogens (tertiary/aromatic N) is 2. The molecule has 98 valence electrons. The molecule has 0 spiro atoms. The highest BCUT2D eigenvalue weighted by Crippen LogP contribution is 2.13. The molecule has 0 aliphatic heterocycles. The van der Waals surface area contributed by atoms with Gasteiger partial charge >= 0.3 is 0 Å². The summed E-state index contributed by atoms with van der Waals surface area (Å²) >= 11 is 0. The molecule has 0 amide bonds. The highest BCUT2D eigenvalue weighted by Gasteiger charge is 2.02. The standard InChI is InChI=1S/C13H15N5O/c14-13(17-18-15)11-6-12(8-16-7-11)19-9-10-4-2-1-3-5-10/h1-8,18H,9,15H2,(H2,14,17). The second-order valence-corrected chi connectivity index (χ2v) is 3.81. The number of hydrazine groups is 1. The second kappa shape index (κ2) is 6.36. The Morgan fingerprint density at radius 3 is 2.79 bits per heavy atom. The van der Waals surface area contributed by atoms with Crippen LogP contribution in [0.4, 0.5) is 0 Å². The lowest BCUT2D eigenvalue weighted by Gasteiger charge is -2.07. The molecule has 0 fully saturated rings. The van der Waals surface area contributed by atoms with E-state index in [-0.39, 0.29) is 5.84 Å². The molecule has 2 aromatic rings. The Balaban J connectivity index is 2.05. The number of pyridine rings is 1. The van der Waals surface area contributed by atoms with Crippen molar-refractivity contribution in [3.63, 3.8) is 0 Å². The minimum absolute atomic E-state index is 0.250. The van der Waals surface area contributed by atoms with Crippen molar-refractivity contribution in [3.05, 3.63) is 59.9 Å². The van der Waals surface area contributed by atoms with E-state index >= 15 is 0 Å². The van der Waals surface area contributed by atoms with Crippen molar-refractivity contribution in [2.24, 2.45) is 16.7 Å². The Morgan fingerprint density at radius 2 is 2.05 bits per heavy atom. The van der Waals surface area contributed by atoms with Crippen LogP contribution in [0.3, 0.4) is 0 Å². The van der Waals surface area contributed by atoms with Crippen LogP contribution in [0.5, 0.6) is 5.75 Å². The average Bonchev–Trinajstić information content (AvgIpc) is 2.47.